The van der Waals surface area contributed by atoms with Gasteiger partial charge in [0.05, 0.1) is 35.6 Å². The van der Waals surface area contributed by atoms with Crippen LogP contribution in [0.3, 0.4) is 0 Å². The predicted molar refractivity (Wildman–Crippen MR) is 256 cm³/mol. The number of aliphatic hydroxyl groups excluding tert-OH is 9. The third-order valence-corrected chi connectivity index (χ3v) is 3.19. The Kier molecular flexibility index (Phi) is 299. The molecule has 0 rings (SSSR count). The fourth-order valence-corrected chi connectivity index (χ4v) is 0.400. The van der Waals surface area contributed by atoms with Gasteiger partial charge in [0.15, 0.2) is 0 Å². The number of aliphatic hydroxyl groups is 13. The average Bonchev–Trinajstić information content (AvgIpc) is 2.97. The van der Waals surface area contributed by atoms with Crippen LogP contribution in [-0.2, 0) is 246 Å². The van der Waals surface area contributed by atoms with Gasteiger partial charge in [0.1, 0.15) is 0 Å². The van der Waals surface area contributed by atoms with Crippen LogP contribution in [0.25, 0.3) is 0 Å². The molecular weight excluding hydrogens is 2310 g/mol. The first kappa shape index (κ1) is 158. The third-order valence-electron chi connectivity index (χ3n) is 3.19. The molecule has 0 spiro atoms. The van der Waals surface area contributed by atoms with E-state index in [0.717, 1.165) is 25.9 Å². The molecule has 0 saturated carbocycles. The SMILES string of the molecule is CC(C)(C)O.CC(C)(C)O.CC(C)CO.CC(C)O.CC(C)O.CCC(C)(C)O.CCC(C)(C)O.CCO.CCO.CCO.CCO.CN(C)CCO.CN(C)CCO.[Nb].[Nb].[Nb].[Nb].[Nb].[Ta].[Ta].[Ta].[Ta].[Ta].[Ta]. The van der Waals surface area contributed by atoms with Crippen molar-refractivity contribution in [2.45, 2.75) is 200 Å². The summed E-state index contributed by atoms with van der Waals surface area (Å²) >= 11 is 0. The van der Waals surface area contributed by atoms with Gasteiger partial charge in [-0.25, -0.2) is 0 Å². The summed E-state index contributed by atoms with van der Waals surface area (Å²) in [5, 5.41) is 106. The van der Waals surface area contributed by atoms with Gasteiger partial charge in [-0.3, -0.25) is 0 Å². The Morgan fingerprint density at radius 2 is 0.429 bits per heavy atom. The molecule has 0 bridgehead atoms. The fourth-order valence-electron chi connectivity index (χ4n) is 0.400. The molecule has 0 unspecified atom stereocenters. The van der Waals surface area contributed by atoms with Crippen molar-refractivity contribution in [3.63, 3.8) is 0 Å². The van der Waals surface area contributed by atoms with Gasteiger partial charge in [-0.2, -0.15) is 0 Å². The van der Waals surface area contributed by atoms with Crippen molar-refractivity contribution in [1.29, 1.82) is 0 Å². The van der Waals surface area contributed by atoms with Crippen LogP contribution in [0.5, 0.6) is 0 Å². The molecule has 0 saturated heterocycles. The quantitative estimate of drug-likeness (QED) is 0.158. The summed E-state index contributed by atoms with van der Waals surface area (Å²) in [6.45, 7) is 42.5. The zero-order valence-electron chi connectivity index (χ0n) is 49.1. The second-order valence-electron chi connectivity index (χ2n) is 16.8. The maximum atomic E-state index is 8.83. The largest absolute Gasteiger partial charge is 0.397 e. The van der Waals surface area contributed by atoms with Crippen LogP contribution in [0.1, 0.15) is 165 Å². The van der Waals surface area contributed by atoms with Gasteiger partial charge in [0.2, 0.25) is 0 Å². The molecular formula is C44H116N2Nb5O13Ta6. The summed E-state index contributed by atoms with van der Waals surface area (Å²) in [4.78, 5) is 3.86. The molecule has 70 heavy (non-hydrogen) atoms. The summed E-state index contributed by atoms with van der Waals surface area (Å²) in [6.07, 6.45) is 1.32. The topological polar surface area (TPSA) is 269 Å². The zero-order chi connectivity index (χ0) is 51.7. The van der Waals surface area contributed by atoms with E-state index < -0.39 is 22.4 Å². The molecule has 0 aliphatic rings. The number of rotatable bonds is 7. The first-order valence-electron chi connectivity index (χ1n) is 20.9. The number of hydrogen-bond donors (Lipinski definition) is 13. The van der Waals surface area contributed by atoms with Crippen molar-refractivity contribution in [3.8, 4) is 0 Å². The van der Waals surface area contributed by atoms with E-state index in [1.165, 1.54) is 0 Å². The van der Waals surface area contributed by atoms with Crippen molar-refractivity contribution in [3.05, 3.63) is 0 Å². The summed E-state index contributed by atoms with van der Waals surface area (Å²) in [7, 11) is 7.71. The van der Waals surface area contributed by atoms with Crippen LogP contribution in [0.2, 0.25) is 0 Å². The van der Waals surface area contributed by atoms with Crippen LogP contribution in [0.4, 0.5) is 0 Å². The smallest absolute Gasteiger partial charge is 0.0589 e. The first-order valence-corrected chi connectivity index (χ1v) is 20.9. The standard InChI is InChI=1S/2C5H12O.2C4H11NO.3C4H10O.2C3H8O.4C2H6O.5Nb.6Ta/c2*1-4-5(2,3)6;2*1-5(2)3-4-6;2*1-4(2,3)5;1-4(2)3-5;2*1-3(2)4;4*1-2-3;;;;;;;;;;;/h2*6H,4H2,1-3H3;2*6H,3-4H2,1-2H3;2*5H,1-3H3;4-5H,3H2,1-2H3;2*3-4H,1-2H3;4*3H,2H2,1H3;;;;;;;;;;;. The molecule has 0 atom stereocenters. The van der Waals surface area contributed by atoms with E-state index in [-0.39, 0.29) is 298 Å². The molecule has 0 aliphatic heterocycles. The molecule has 26 heteroatoms. The van der Waals surface area contributed by atoms with Crippen molar-refractivity contribution < 1.29 is 313 Å². The molecule has 15 nitrogen and oxygen atoms in total. The van der Waals surface area contributed by atoms with Crippen molar-refractivity contribution >= 4 is 0 Å². The number of likely N-dealkylation sites (N-methyl/N-ethyl adjacent to an activating group) is 2. The van der Waals surface area contributed by atoms with Gasteiger partial charge in [0.25, 0.3) is 0 Å². The summed E-state index contributed by atoms with van der Waals surface area (Å²) in [5.74, 6) is 0.440. The Morgan fingerprint density at radius 1 is 0.357 bits per heavy atom. The van der Waals surface area contributed by atoms with E-state index in [9.17, 15) is 0 Å². The molecule has 0 aliphatic carbocycles. The third kappa shape index (κ3) is 904. The van der Waals surface area contributed by atoms with E-state index in [4.69, 9.17) is 66.4 Å². The minimum atomic E-state index is -0.500. The number of nitrogens with zero attached hydrogens (tertiary/aromatic N) is 2. The van der Waals surface area contributed by atoms with Gasteiger partial charge in [0, 0.05) is 305 Å². The monoisotopic (exact) mass is 2430 g/mol. The second-order valence-corrected chi connectivity index (χ2v) is 16.8. The van der Waals surface area contributed by atoms with Gasteiger partial charge in [-0.05, 0) is 172 Å². The molecule has 0 aromatic carbocycles. The Hall–Kier alpha value is 7.54. The molecule has 0 aromatic rings. The second kappa shape index (κ2) is 132. The summed E-state index contributed by atoms with van der Waals surface area (Å²) < 4.78 is 0. The summed E-state index contributed by atoms with van der Waals surface area (Å²) in [6, 6.07) is 0. The van der Waals surface area contributed by atoms with E-state index >= 15 is 0 Å². The van der Waals surface area contributed by atoms with Gasteiger partial charge < -0.3 is 76.2 Å². The van der Waals surface area contributed by atoms with Crippen molar-refractivity contribution in [2.24, 2.45) is 5.92 Å². The number of hydrogen-bond acceptors (Lipinski definition) is 15. The normalized spacial score (nSPS) is 8.23. The van der Waals surface area contributed by atoms with Crippen LogP contribution in [0.15, 0.2) is 0 Å². The molecule has 0 heterocycles. The summed E-state index contributed by atoms with van der Waals surface area (Å²) in [5.41, 5.74) is -1.92. The van der Waals surface area contributed by atoms with Gasteiger partial charge >= 0.3 is 0 Å². The molecule has 13 N–H and O–H groups in total. The average molecular weight is 2430 g/mol. The zero-order valence-corrected chi connectivity index (χ0v) is 79.4. The predicted octanol–water partition coefficient (Wildman–Crippen LogP) is 4.35. The first-order chi connectivity index (χ1) is 26.1. The van der Waals surface area contributed by atoms with Gasteiger partial charge in [-0.1, -0.05) is 27.7 Å². The van der Waals surface area contributed by atoms with Crippen LogP contribution in [0, 0.1) is 5.92 Å². The Bertz CT molecular complexity index is 560. The van der Waals surface area contributed by atoms with E-state index in [1.807, 2.05) is 65.7 Å². The van der Waals surface area contributed by atoms with E-state index in [0.29, 0.717) is 12.5 Å². The van der Waals surface area contributed by atoms with Crippen LogP contribution in [-0.4, -0.2) is 198 Å². The maximum Gasteiger partial charge on any atom is 0.0589 e. The Morgan fingerprint density at radius 3 is 0.429 bits per heavy atom. The Balaban J connectivity index is -0.0000000148. The van der Waals surface area contributed by atoms with E-state index in [1.54, 1.807) is 125 Å². The van der Waals surface area contributed by atoms with E-state index in [2.05, 4.69) is 0 Å². The fraction of sp³-hybridized carbons (Fsp3) is 1.00. The molecule has 0 fully saturated rings. The van der Waals surface area contributed by atoms with Gasteiger partial charge in [-0.15, -0.1) is 0 Å². The Labute approximate surface area is 606 Å². The van der Waals surface area contributed by atoms with Crippen LogP contribution >= 0.6 is 0 Å². The van der Waals surface area contributed by atoms with Crippen molar-refractivity contribution in [1.82, 2.24) is 9.80 Å². The minimum absolute atomic E-state index is 0. The maximum absolute atomic E-state index is 8.83. The van der Waals surface area contributed by atoms with Crippen LogP contribution < -0.4 is 0 Å². The molecule has 0 amide bonds. The minimum Gasteiger partial charge on any atom is -0.397 e. The molecule has 11 radical (unpaired) electrons. The molecule has 0 aromatic heterocycles. The van der Waals surface area contributed by atoms with Crippen molar-refractivity contribution in [2.75, 3.05) is 87.5 Å². The molecule has 435 valence electrons.